The van der Waals surface area contributed by atoms with Gasteiger partial charge in [0.05, 0.1) is 30.0 Å². The molecule has 0 saturated carbocycles. The molecule has 1 heterocycles. The summed E-state index contributed by atoms with van der Waals surface area (Å²) in [4.78, 5) is 28.1. The first-order valence-corrected chi connectivity index (χ1v) is 10.5. The third-order valence-electron chi connectivity index (χ3n) is 5.04. The predicted molar refractivity (Wildman–Crippen MR) is 125 cm³/mol. The van der Waals surface area contributed by atoms with Gasteiger partial charge in [0.25, 0.3) is 11.8 Å². The zero-order valence-corrected chi connectivity index (χ0v) is 18.7. The molecule has 1 aliphatic heterocycles. The van der Waals surface area contributed by atoms with Crippen LogP contribution >= 0.6 is 11.6 Å². The van der Waals surface area contributed by atoms with Crippen LogP contribution in [0.4, 0.5) is 15.8 Å². The van der Waals surface area contributed by atoms with E-state index in [2.05, 4.69) is 5.32 Å². The molecule has 0 radical (unpaired) electrons. The second-order valence-electron chi connectivity index (χ2n) is 7.08. The molecule has 0 bridgehead atoms. The van der Waals surface area contributed by atoms with Crippen molar-refractivity contribution in [3.8, 4) is 11.5 Å². The second-order valence-corrected chi connectivity index (χ2v) is 7.48. The first-order valence-electron chi connectivity index (χ1n) is 10.2. The molecule has 1 N–H and O–H groups in total. The summed E-state index contributed by atoms with van der Waals surface area (Å²) >= 11 is 6.23. The highest BCUT2D eigenvalue weighted by Gasteiger charge is 2.41. The van der Waals surface area contributed by atoms with Crippen molar-refractivity contribution in [2.24, 2.45) is 0 Å². The monoisotopic (exact) mass is 466 g/mol. The van der Waals surface area contributed by atoms with E-state index in [1.54, 1.807) is 42.5 Å². The van der Waals surface area contributed by atoms with E-state index in [0.717, 1.165) is 4.90 Å². The minimum Gasteiger partial charge on any atom is -0.495 e. The molecule has 0 aliphatic carbocycles. The maximum Gasteiger partial charge on any atom is 0.282 e. The number of amides is 2. The van der Waals surface area contributed by atoms with Crippen LogP contribution in [-0.4, -0.2) is 25.5 Å². The number of hydrogen-bond acceptors (Lipinski definition) is 5. The number of methoxy groups -OCH3 is 1. The van der Waals surface area contributed by atoms with Crippen LogP contribution in [0.2, 0.25) is 5.02 Å². The number of benzene rings is 3. The second kappa shape index (κ2) is 9.34. The fraction of sp³-hybridized carbons (Fsp3) is 0.120. The molecule has 0 spiro atoms. The highest BCUT2D eigenvalue weighted by molar-refractivity contribution is 6.46. The third-order valence-corrected chi connectivity index (χ3v) is 5.34. The number of nitrogens with one attached hydrogen (secondary N) is 1. The van der Waals surface area contributed by atoms with Gasteiger partial charge in [-0.2, -0.15) is 0 Å². The molecule has 168 valence electrons. The standard InChI is InChI=1S/C25H20ClFN2O4/c1-3-33-21-7-5-4-6-19(21)29-24(30)22(15-8-10-16(27)11-9-15)23(25(29)31)28-17-12-13-20(32-2)18(26)14-17/h4-14,28H,3H2,1-2H3. The Balaban J connectivity index is 1.82. The number of halogens is 2. The summed E-state index contributed by atoms with van der Waals surface area (Å²) in [6.07, 6.45) is 0. The van der Waals surface area contributed by atoms with E-state index in [4.69, 9.17) is 21.1 Å². The lowest BCUT2D eigenvalue weighted by Crippen LogP contribution is -2.32. The molecule has 3 aromatic carbocycles. The summed E-state index contributed by atoms with van der Waals surface area (Å²) in [5, 5.41) is 3.36. The molecular formula is C25H20ClFN2O4. The number of rotatable bonds is 7. The van der Waals surface area contributed by atoms with Crippen LogP contribution in [0.5, 0.6) is 11.5 Å². The quantitative estimate of drug-likeness (QED) is 0.480. The van der Waals surface area contributed by atoms with Crippen molar-refractivity contribution in [3.63, 3.8) is 0 Å². The first-order chi connectivity index (χ1) is 15.9. The molecule has 3 aromatic rings. The zero-order chi connectivity index (χ0) is 23.5. The average Bonchev–Trinajstić information content (AvgIpc) is 3.04. The summed E-state index contributed by atoms with van der Waals surface area (Å²) in [5.74, 6) is -0.713. The lowest BCUT2D eigenvalue weighted by atomic mass is 10.0. The van der Waals surface area contributed by atoms with E-state index in [9.17, 15) is 14.0 Å². The molecule has 0 fully saturated rings. The van der Waals surface area contributed by atoms with Gasteiger partial charge >= 0.3 is 0 Å². The molecule has 0 atom stereocenters. The number of ether oxygens (including phenoxy) is 2. The van der Waals surface area contributed by atoms with Gasteiger partial charge in [-0.1, -0.05) is 35.9 Å². The largest absolute Gasteiger partial charge is 0.495 e. The molecule has 1 aliphatic rings. The number of hydrogen-bond donors (Lipinski definition) is 1. The maximum atomic E-state index is 13.5. The summed E-state index contributed by atoms with van der Waals surface area (Å²) in [7, 11) is 1.50. The number of anilines is 2. The SMILES string of the molecule is CCOc1ccccc1N1C(=O)C(Nc2ccc(OC)c(Cl)c2)=C(c2ccc(F)cc2)C1=O. The van der Waals surface area contributed by atoms with Crippen molar-refractivity contribution < 1.29 is 23.5 Å². The average molecular weight is 467 g/mol. The van der Waals surface area contributed by atoms with Gasteiger partial charge in [-0.15, -0.1) is 0 Å². The lowest BCUT2D eigenvalue weighted by Gasteiger charge is -2.19. The fourth-order valence-corrected chi connectivity index (χ4v) is 3.81. The van der Waals surface area contributed by atoms with Crippen molar-refractivity contribution in [2.75, 3.05) is 23.9 Å². The summed E-state index contributed by atoms with van der Waals surface area (Å²) in [6.45, 7) is 2.17. The third kappa shape index (κ3) is 4.27. The summed E-state index contributed by atoms with van der Waals surface area (Å²) < 4.78 is 24.4. The van der Waals surface area contributed by atoms with Crippen molar-refractivity contribution in [3.05, 3.63) is 88.8 Å². The van der Waals surface area contributed by atoms with E-state index >= 15 is 0 Å². The van der Waals surface area contributed by atoms with E-state index in [1.165, 1.54) is 31.4 Å². The summed E-state index contributed by atoms with van der Waals surface area (Å²) in [5.41, 5.74) is 1.35. The normalized spacial score (nSPS) is 13.5. The molecular weight excluding hydrogens is 447 g/mol. The van der Waals surface area contributed by atoms with Gasteiger partial charge in [0, 0.05) is 5.69 Å². The van der Waals surface area contributed by atoms with Gasteiger partial charge in [-0.25, -0.2) is 9.29 Å². The Morgan fingerprint density at radius 1 is 0.970 bits per heavy atom. The Hall–Kier alpha value is -3.84. The summed E-state index contributed by atoms with van der Waals surface area (Å²) in [6, 6.07) is 17.1. The Morgan fingerprint density at radius 2 is 1.70 bits per heavy atom. The smallest absolute Gasteiger partial charge is 0.282 e. The van der Waals surface area contributed by atoms with Crippen molar-refractivity contribution >= 4 is 40.4 Å². The molecule has 0 aromatic heterocycles. The molecule has 6 nitrogen and oxygen atoms in total. The number of carbonyl (C=O) groups is 2. The molecule has 2 amide bonds. The van der Waals surface area contributed by atoms with Crippen LogP contribution in [0.25, 0.3) is 5.57 Å². The van der Waals surface area contributed by atoms with E-state index in [1.807, 2.05) is 6.92 Å². The Bertz CT molecular complexity index is 1260. The highest BCUT2D eigenvalue weighted by atomic mass is 35.5. The van der Waals surface area contributed by atoms with Crippen LogP contribution < -0.4 is 19.7 Å². The van der Waals surface area contributed by atoms with Crippen molar-refractivity contribution in [2.45, 2.75) is 6.92 Å². The van der Waals surface area contributed by atoms with Crippen LogP contribution in [0.15, 0.2) is 72.4 Å². The van der Waals surface area contributed by atoms with Gasteiger partial charge < -0.3 is 14.8 Å². The highest BCUT2D eigenvalue weighted by Crippen LogP contribution is 2.38. The number of para-hydroxylation sites is 2. The van der Waals surface area contributed by atoms with Crippen molar-refractivity contribution in [1.82, 2.24) is 0 Å². The van der Waals surface area contributed by atoms with Gasteiger partial charge in [0.15, 0.2) is 0 Å². The number of nitrogens with zero attached hydrogens (tertiary/aromatic N) is 1. The number of carbonyl (C=O) groups excluding carboxylic acids is 2. The van der Waals surface area contributed by atoms with Gasteiger partial charge in [0.1, 0.15) is 23.0 Å². The van der Waals surface area contributed by atoms with Crippen LogP contribution in [-0.2, 0) is 9.59 Å². The fourth-order valence-electron chi connectivity index (χ4n) is 3.56. The predicted octanol–water partition coefficient (Wildman–Crippen LogP) is 5.28. The Labute approximate surface area is 195 Å². The van der Waals surface area contributed by atoms with E-state index < -0.39 is 17.6 Å². The van der Waals surface area contributed by atoms with E-state index in [-0.39, 0.29) is 11.3 Å². The van der Waals surface area contributed by atoms with Gasteiger partial charge in [0.2, 0.25) is 0 Å². The van der Waals surface area contributed by atoms with Crippen LogP contribution in [0.3, 0.4) is 0 Å². The molecule has 0 unspecified atom stereocenters. The topological polar surface area (TPSA) is 67.9 Å². The zero-order valence-electron chi connectivity index (χ0n) is 17.9. The van der Waals surface area contributed by atoms with Crippen LogP contribution in [0, 0.1) is 5.82 Å². The Morgan fingerprint density at radius 3 is 2.36 bits per heavy atom. The maximum absolute atomic E-state index is 13.5. The minimum absolute atomic E-state index is 0.0409. The van der Waals surface area contributed by atoms with Crippen molar-refractivity contribution in [1.29, 1.82) is 0 Å². The first kappa shape index (κ1) is 22.4. The molecule has 0 saturated heterocycles. The Kier molecular flexibility index (Phi) is 6.33. The molecule has 4 rings (SSSR count). The molecule has 33 heavy (non-hydrogen) atoms. The van der Waals surface area contributed by atoms with Crippen LogP contribution in [0.1, 0.15) is 12.5 Å². The van der Waals surface area contributed by atoms with Gasteiger partial charge in [-0.3, -0.25) is 9.59 Å². The van der Waals surface area contributed by atoms with E-state index in [0.29, 0.717) is 40.1 Å². The number of imide groups is 1. The lowest BCUT2D eigenvalue weighted by molar-refractivity contribution is -0.120. The molecule has 8 heteroatoms. The van der Waals surface area contributed by atoms with Gasteiger partial charge in [-0.05, 0) is 55.0 Å². The minimum atomic E-state index is -0.571.